The van der Waals surface area contributed by atoms with Gasteiger partial charge in [0, 0.05) is 24.5 Å². The van der Waals surface area contributed by atoms with Crippen molar-refractivity contribution in [3.8, 4) is 0 Å². The van der Waals surface area contributed by atoms with Gasteiger partial charge in [-0.25, -0.2) is 0 Å². The summed E-state index contributed by atoms with van der Waals surface area (Å²) in [7, 11) is 1.28. The third-order valence-electron chi connectivity index (χ3n) is 3.65. The summed E-state index contributed by atoms with van der Waals surface area (Å²) >= 11 is 1.65. The van der Waals surface area contributed by atoms with Crippen molar-refractivity contribution in [2.75, 3.05) is 33.3 Å². The van der Waals surface area contributed by atoms with E-state index in [0.717, 1.165) is 6.42 Å². The number of carbonyl (C=O) groups is 3. The second kappa shape index (κ2) is 8.64. The Balaban J connectivity index is 1.81. The van der Waals surface area contributed by atoms with E-state index in [2.05, 4.69) is 15.4 Å². The van der Waals surface area contributed by atoms with Gasteiger partial charge in [0.25, 0.3) is 0 Å². The first-order valence-corrected chi connectivity index (χ1v) is 8.35. The lowest BCUT2D eigenvalue weighted by molar-refractivity contribution is -0.146. The molecule has 8 heteroatoms. The number of piperazine rings is 1. The van der Waals surface area contributed by atoms with Gasteiger partial charge in [-0.2, -0.15) is 0 Å². The van der Waals surface area contributed by atoms with Gasteiger partial charge in [0.1, 0.15) is 6.04 Å². The van der Waals surface area contributed by atoms with Crippen LogP contribution in [0, 0.1) is 0 Å². The van der Waals surface area contributed by atoms with Crippen molar-refractivity contribution in [1.29, 1.82) is 0 Å². The molecule has 1 aliphatic rings. The molecular weight excluding hydrogens is 318 g/mol. The predicted molar refractivity (Wildman–Crippen MR) is 86.0 cm³/mol. The van der Waals surface area contributed by atoms with E-state index in [1.54, 1.807) is 16.2 Å². The topological polar surface area (TPSA) is 87.7 Å². The number of rotatable bonds is 7. The standard InChI is InChI=1S/C15H21N3O4S/c1-22-14(20)9-12-15(21)17-6-7-18(12)10-13(19)16-5-4-11-3-2-8-23-11/h2-3,8,12H,4-7,9-10H2,1H3,(H,16,19)(H,17,21). The zero-order chi connectivity index (χ0) is 16.7. The van der Waals surface area contributed by atoms with Crippen LogP contribution < -0.4 is 10.6 Å². The van der Waals surface area contributed by atoms with Crippen LogP contribution in [-0.4, -0.2) is 62.0 Å². The van der Waals surface area contributed by atoms with Crippen molar-refractivity contribution in [3.63, 3.8) is 0 Å². The fourth-order valence-electron chi connectivity index (χ4n) is 2.43. The molecule has 126 valence electrons. The molecule has 2 N–H and O–H groups in total. The molecule has 1 unspecified atom stereocenters. The molecule has 2 rings (SSSR count). The Morgan fingerprint density at radius 2 is 2.35 bits per heavy atom. The summed E-state index contributed by atoms with van der Waals surface area (Å²) in [6, 6.07) is 3.35. The average Bonchev–Trinajstić information content (AvgIpc) is 3.04. The van der Waals surface area contributed by atoms with Gasteiger partial charge < -0.3 is 15.4 Å². The first kappa shape index (κ1) is 17.4. The van der Waals surface area contributed by atoms with Crippen molar-refractivity contribution in [2.45, 2.75) is 18.9 Å². The molecule has 0 saturated carbocycles. The van der Waals surface area contributed by atoms with E-state index in [4.69, 9.17) is 0 Å². The number of amides is 2. The normalized spacial score (nSPS) is 18.3. The Hall–Kier alpha value is -1.93. The Morgan fingerprint density at radius 1 is 1.52 bits per heavy atom. The quantitative estimate of drug-likeness (QED) is 0.670. The summed E-state index contributed by atoms with van der Waals surface area (Å²) in [5.41, 5.74) is 0. The van der Waals surface area contributed by atoms with E-state index in [9.17, 15) is 14.4 Å². The number of esters is 1. The third-order valence-corrected chi connectivity index (χ3v) is 4.59. The van der Waals surface area contributed by atoms with Crippen molar-refractivity contribution in [2.24, 2.45) is 0 Å². The van der Waals surface area contributed by atoms with Gasteiger partial charge in [0.15, 0.2) is 0 Å². The molecule has 0 bridgehead atoms. The Kier molecular flexibility index (Phi) is 6.54. The monoisotopic (exact) mass is 339 g/mol. The highest BCUT2D eigenvalue weighted by atomic mass is 32.1. The summed E-state index contributed by atoms with van der Waals surface area (Å²) in [5, 5.41) is 7.56. The third kappa shape index (κ3) is 5.33. The minimum absolute atomic E-state index is 0.0508. The zero-order valence-electron chi connectivity index (χ0n) is 13.0. The second-order valence-electron chi connectivity index (χ2n) is 5.24. The molecule has 7 nitrogen and oxygen atoms in total. The molecule has 2 heterocycles. The highest BCUT2D eigenvalue weighted by molar-refractivity contribution is 7.09. The lowest BCUT2D eigenvalue weighted by atomic mass is 10.1. The largest absolute Gasteiger partial charge is 0.469 e. The number of thiophene rings is 1. The number of hydrogen-bond acceptors (Lipinski definition) is 6. The molecule has 1 aromatic heterocycles. The van der Waals surface area contributed by atoms with Gasteiger partial charge in [-0.1, -0.05) is 6.07 Å². The lowest BCUT2D eigenvalue weighted by Gasteiger charge is -2.33. The molecule has 0 radical (unpaired) electrons. The van der Waals surface area contributed by atoms with Gasteiger partial charge in [-0.3, -0.25) is 19.3 Å². The Labute approximate surface area is 139 Å². The molecule has 0 aliphatic carbocycles. The number of nitrogens with one attached hydrogen (secondary N) is 2. The van der Waals surface area contributed by atoms with Crippen LogP contribution in [0.2, 0.25) is 0 Å². The van der Waals surface area contributed by atoms with Crippen molar-refractivity contribution < 1.29 is 19.1 Å². The maximum absolute atomic E-state index is 12.1. The molecule has 1 saturated heterocycles. The van der Waals surface area contributed by atoms with Crippen LogP contribution in [0.4, 0.5) is 0 Å². The summed E-state index contributed by atoms with van der Waals surface area (Å²) in [4.78, 5) is 38.3. The van der Waals surface area contributed by atoms with Gasteiger partial charge in [-0.15, -0.1) is 11.3 Å². The van der Waals surface area contributed by atoms with Crippen LogP contribution in [-0.2, 0) is 25.5 Å². The minimum Gasteiger partial charge on any atom is -0.469 e. The van der Waals surface area contributed by atoms with Crippen molar-refractivity contribution >= 4 is 29.1 Å². The van der Waals surface area contributed by atoms with Crippen LogP contribution in [0.3, 0.4) is 0 Å². The van der Waals surface area contributed by atoms with E-state index in [-0.39, 0.29) is 24.8 Å². The molecule has 23 heavy (non-hydrogen) atoms. The van der Waals surface area contributed by atoms with E-state index < -0.39 is 12.0 Å². The SMILES string of the molecule is COC(=O)CC1C(=O)NCCN1CC(=O)NCCc1cccs1. The highest BCUT2D eigenvalue weighted by Crippen LogP contribution is 2.10. The van der Waals surface area contributed by atoms with Crippen molar-refractivity contribution in [1.82, 2.24) is 15.5 Å². The van der Waals surface area contributed by atoms with E-state index in [1.807, 2.05) is 17.5 Å². The molecule has 1 atom stereocenters. The molecule has 0 spiro atoms. The second-order valence-corrected chi connectivity index (χ2v) is 6.27. The molecule has 1 fully saturated rings. The maximum atomic E-state index is 12.1. The van der Waals surface area contributed by atoms with Gasteiger partial charge >= 0.3 is 5.97 Å². The van der Waals surface area contributed by atoms with E-state index in [0.29, 0.717) is 19.6 Å². The first-order valence-electron chi connectivity index (χ1n) is 7.48. The van der Waals surface area contributed by atoms with Crippen molar-refractivity contribution in [3.05, 3.63) is 22.4 Å². The molecule has 2 amide bonds. The summed E-state index contributed by atoms with van der Waals surface area (Å²) in [6.45, 7) is 1.66. The summed E-state index contributed by atoms with van der Waals surface area (Å²) < 4.78 is 4.62. The molecule has 1 aliphatic heterocycles. The van der Waals surface area contributed by atoms with Crippen LogP contribution in [0.25, 0.3) is 0 Å². The van der Waals surface area contributed by atoms with Crippen LogP contribution >= 0.6 is 11.3 Å². The summed E-state index contributed by atoms with van der Waals surface area (Å²) in [5.74, 6) is -0.852. The lowest BCUT2D eigenvalue weighted by Crippen LogP contribution is -2.58. The van der Waals surface area contributed by atoms with Gasteiger partial charge in [0.2, 0.25) is 11.8 Å². The number of ether oxygens (including phenoxy) is 1. The average molecular weight is 339 g/mol. The fraction of sp³-hybridized carbons (Fsp3) is 0.533. The predicted octanol–water partition coefficient (Wildman–Crippen LogP) is -0.230. The summed E-state index contributed by atoms with van der Waals surface area (Å²) in [6.07, 6.45) is 0.736. The Morgan fingerprint density at radius 3 is 3.04 bits per heavy atom. The smallest absolute Gasteiger partial charge is 0.307 e. The first-order chi connectivity index (χ1) is 11.1. The van der Waals surface area contributed by atoms with E-state index in [1.165, 1.54) is 12.0 Å². The molecular formula is C15H21N3O4S. The molecule has 0 aromatic carbocycles. The van der Waals surface area contributed by atoms with Crippen LogP contribution in [0.15, 0.2) is 17.5 Å². The maximum Gasteiger partial charge on any atom is 0.307 e. The highest BCUT2D eigenvalue weighted by Gasteiger charge is 2.32. The zero-order valence-corrected chi connectivity index (χ0v) is 13.9. The number of carbonyl (C=O) groups excluding carboxylic acids is 3. The van der Waals surface area contributed by atoms with Gasteiger partial charge in [-0.05, 0) is 17.9 Å². The van der Waals surface area contributed by atoms with Crippen LogP contribution in [0.5, 0.6) is 0 Å². The fourth-order valence-corrected chi connectivity index (χ4v) is 3.14. The van der Waals surface area contributed by atoms with E-state index >= 15 is 0 Å². The van der Waals surface area contributed by atoms with Crippen LogP contribution in [0.1, 0.15) is 11.3 Å². The number of hydrogen-bond donors (Lipinski definition) is 2. The Bertz CT molecular complexity index is 547. The number of methoxy groups -OCH3 is 1. The van der Waals surface area contributed by atoms with Gasteiger partial charge in [0.05, 0.1) is 20.1 Å². The molecule has 1 aromatic rings. The number of nitrogens with zero attached hydrogens (tertiary/aromatic N) is 1. The minimum atomic E-state index is -0.653.